The second-order valence-electron chi connectivity index (χ2n) is 11.2. The molecular weight excluding hydrogens is 594 g/mol. The van der Waals surface area contributed by atoms with Gasteiger partial charge in [0.1, 0.15) is 12.4 Å². The first-order chi connectivity index (χ1) is 21.3. The second-order valence-corrected chi connectivity index (χ2v) is 11.2. The summed E-state index contributed by atoms with van der Waals surface area (Å²) in [6.07, 6.45) is 0. The van der Waals surface area contributed by atoms with Crippen LogP contribution in [0.25, 0.3) is 10.9 Å². The highest BCUT2D eigenvalue weighted by Crippen LogP contribution is 2.41. The van der Waals surface area contributed by atoms with Crippen molar-refractivity contribution in [3.05, 3.63) is 64.8 Å². The summed E-state index contributed by atoms with van der Waals surface area (Å²) in [5, 5.41) is 17.7. The molecule has 2 N–H and O–H groups in total. The lowest BCUT2D eigenvalue weighted by Gasteiger charge is -2.41. The van der Waals surface area contributed by atoms with Crippen molar-refractivity contribution in [1.29, 1.82) is 0 Å². The van der Waals surface area contributed by atoms with Crippen LogP contribution >= 0.6 is 0 Å². The van der Waals surface area contributed by atoms with Crippen LogP contribution in [0.3, 0.4) is 0 Å². The van der Waals surface area contributed by atoms with Crippen LogP contribution in [0.1, 0.15) is 40.0 Å². The minimum absolute atomic E-state index is 0.198. The number of carbonyl (C=O) groups excluding carboxylic acids is 2. The number of nitrogens with zero attached hydrogens (tertiary/aromatic N) is 4. The lowest BCUT2D eigenvalue weighted by atomic mass is 9.89. The first-order valence-electron chi connectivity index (χ1n) is 14.4. The summed E-state index contributed by atoms with van der Waals surface area (Å²) in [6, 6.07) is 12.5. The Hall–Kier alpha value is -4.56. The number of morpholine rings is 1. The third-order valence-electron chi connectivity index (χ3n) is 8.16. The summed E-state index contributed by atoms with van der Waals surface area (Å²) in [7, 11) is 1.54. The van der Waals surface area contributed by atoms with E-state index in [-0.39, 0.29) is 17.5 Å². The Balaban J connectivity index is 0.000000515. The summed E-state index contributed by atoms with van der Waals surface area (Å²) < 4.78 is 36.2. The minimum atomic E-state index is -3.58. The van der Waals surface area contributed by atoms with Gasteiger partial charge < -0.3 is 29.2 Å². The van der Waals surface area contributed by atoms with Crippen LogP contribution in [0.15, 0.2) is 42.5 Å². The van der Waals surface area contributed by atoms with Gasteiger partial charge in [-0.1, -0.05) is 12.1 Å². The van der Waals surface area contributed by atoms with Crippen LogP contribution in [0, 0.1) is 0 Å². The Morgan fingerprint density at radius 3 is 2.36 bits per heavy atom. The van der Waals surface area contributed by atoms with Crippen molar-refractivity contribution < 1.29 is 47.6 Å². The maximum absolute atomic E-state index is 13.2. The number of benzene rings is 2. The van der Waals surface area contributed by atoms with E-state index in [1.807, 2.05) is 18.2 Å². The van der Waals surface area contributed by atoms with Crippen molar-refractivity contribution in [2.75, 3.05) is 53.0 Å². The second kappa shape index (κ2) is 12.8. The molecule has 3 aliphatic heterocycles. The molecule has 3 aliphatic rings. The van der Waals surface area contributed by atoms with Gasteiger partial charge in [-0.25, -0.2) is 14.4 Å². The molecule has 0 aliphatic carbocycles. The van der Waals surface area contributed by atoms with Gasteiger partial charge in [-0.05, 0) is 41.5 Å². The van der Waals surface area contributed by atoms with E-state index in [9.17, 15) is 33.1 Å². The molecule has 4 heterocycles. The number of hydrogen-bond acceptors (Lipinski definition) is 7. The summed E-state index contributed by atoms with van der Waals surface area (Å²) in [5.74, 6) is -6.54. The van der Waals surface area contributed by atoms with E-state index in [1.54, 1.807) is 29.2 Å². The number of imide groups is 1. The molecule has 45 heavy (non-hydrogen) atoms. The third kappa shape index (κ3) is 6.76. The third-order valence-corrected chi connectivity index (χ3v) is 8.16. The van der Waals surface area contributed by atoms with Crippen LogP contribution in [-0.4, -0.2) is 112 Å². The molecule has 12 nitrogen and oxygen atoms in total. The summed E-state index contributed by atoms with van der Waals surface area (Å²) in [5.41, 5.74) is 3.99. The predicted octanol–water partition coefficient (Wildman–Crippen LogP) is 3.32. The number of aliphatic carboxylic acids is 1. The van der Waals surface area contributed by atoms with Gasteiger partial charge in [-0.3, -0.25) is 14.6 Å². The number of urea groups is 1. The molecule has 0 unspecified atom stereocenters. The Morgan fingerprint density at radius 2 is 1.73 bits per heavy atom. The maximum Gasteiger partial charge on any atom is 0.374 e. The number of halogens is 2. The van der Waals surface area contributed by atoms with Crippen molar-refractivity contribution in [2.24, 2.45) is 0 Å². The fourth-order valence-corrected chi connectivity index (χ4v) is 5.74. The smallest absolute Gasteiger partial charge is 0.374 e. The van der Waals surface area contributed by atoms with E-state index in [0.29, 0.717) is 33.2 Å². The molecule has 240 valence electrons. The molecule has 3 aromatic rings. The van der Waals surface area contributed by atoms with Gasteiger partial charge >= 0.3 is 23.9 Å². The van der Waals surface area contributed by atoms with E-state index in [0.717, 1.165) is 66.3 Å². The van der Waals surface area contributed by atoms with Gasteiger partial charge in [0.25, 0.3) is 0 Å². The number of fused-ring (bicyclic) bond motifs is 6. The summed E-state index contributed by atoms with van der Waals surface area (Å²) in [6.45, 7) is 6.24. The lowest BCUT2D eigenvalue weighted by Crippen LogP contribution is -2.56. The molecule has 6 rings (SSSR count). The molecule has 2 bridgehead atoms. The van der Waals surface area contributed by atoms with E-state index >= 15 is 0 Å². The van der Waals surface area contributed by atoms with E-state index < -0.39 is 23.8 Å². The minimum Gasteiger partial charge on any atom is -0.492 e. The number of hydrogen-bond donors (Lipinski definition) is 2. The molecule has 14 heteroatoms. The van der Waals surface area contributed by atoms with Crippen molar-refractivity contribution in [3.8, 4) is 5.75 Å². The molecule has 2 aromatic carbocycles. The van der Waals surface area contributed by atoms with Crippen molar-refractivity contribution in [2.45, 2.75) is 31.9 Å². The van der Waals surface area contributed by atoms with Gasteiger partial charge in [-0.2, -0.15) is 8.78 Å². The lowest BCUT2D eigenvalue weighted by molar-refractivity contribution is -0.161. The number of likely N-dealkylation sites (N-methyl/N-ethyl adjacent to an activating group) is 1. The van der Waals surface area contributed by atoms with Crippen LogP contribution < -0.4 is 4.74 Å². The molecule has 3 amide bonds. The predicted molar refractivity (Wildman–Crippen MR) is 157 cm³/mol. The van der Waals surface area contributed by atoms with Gasteiger partial charge in [0.15, 0.2) is 0 Å². The van der Waals surface area contributed by atoms with Crippen molar-refractivity contribution in [3.63, 3.8) is 0 Å². The van der Waals surface area contributed by atoms with Crippen molar-refractivity contribution >= 4 is 34.8 Å². The number of alkyl halides is 2. The zero-order valence-corrected chi connectivity index (χ0v) is 24.9. The van der Waals surface area contributed by atoms with Gasteiger partial charge in [0.05, 0.1) is 31.2 Å². The fraction of sp³-hybridized carbons (Fsp3) is 0.419. The number of carboxylic acid groups (broad SMARTS) is 2. The standard InChI is InChI=1S/C28H30N4O6.C3H4F2O2/c1-29-26(33)22-16-31(28(29)36)17-24-25(22)21-14-20(38-13-10-30-8-11-37-12-9-30)6-7-23(21)32(24)15-18-2-4-19(5-3-18)27(34)35;1-3(4,5)2(6)7/h2-7,14,22H,8-13,15-17H2,1H3,(H,34,35);1H3,(H,6,7)/t22-;/m0./s1. The largest absolute Gasteiger partial charge is 0.492 e. The topological polar surface area (TPSA) is 142 Å². The van der Waals surface area contributed by atoms with E-state index in [4.69, 9.17) is 14.6 Å². The number of aromatic carboxylic acids is 1. The SMILES string of the molecule is CC(F)(F)C(=O)O.CN1C(=O)[C@H]2CN(Cc3c2c2cc(OCCN4CCOCC4)ccc2n3Cc2ccc(C(=O)O)cc2)C1=O. The molecule has 2 saturated heterocycles. The highest BCUT2D eigenvalue weighted by molar-refractivity contribution is 6.04. The summed E-state index contributed by atoms with van der Waals surface area (Å²) in [4.78, 5) is 51.8. The van der Waals surface area contributed by atoms with Crippen LogP contribution in [0.5, 0.6) is 5.75 Å². The molecule has 1 aromatic heterocycles. The number of amides is 3. The first kappa shape index (κ1) is 31.9. The average Bonchev–Trinajstić information content (AvgIpc) is 3.31. The normalized spacial score (nSPS) is 18.4. The van der Waals surface area contributed by atoms with Gasteiger partial charge in [-0.15, -0.1) is 0 Å². The number of carbonyl (C=O) groups is 4. The number of aromatic nitrogens is 1. The maximum atomic E-state index is 13.2. The quantitative estimate of drug-likeness (QED) is 0.384. The zero-order chi connectivity index (χ0) is 32.5. The Morgan fingerprint density at radius 1 is 1.07 bits per heavy atom. The summed E-state index contributed by atoms with van der Waals surface area (Å²) >= 11 is 0. The van der Waals surface area contributed by atoms with Crippen LogP contribution in [0.4, 0.5) is 13.6 Å². The van der Waals surface area contributed by atoms with Crippen molar-refractivity contribution in [1.82, 2.24) is 19.3 Å². The monoisotopic (exact) mass is 628 g/mol. The van der Waals surface area contributed by atoms with Gasteiger partial charge in [0.2, 0.25) is 5.91 Å². The molecule has 1 atom stereocenters. The molecule has 0 spiro atoms. The first-order valence-corrected chi connectivity index (χ1v) is 14.4. The Bertz CT molecular complexity index is 1610. The van der Waals surface area contributed by atoms with E-state index in [2.05, 4.69) is 9.47 Å². The molecule has 0 radical (unpaired) electrons. The number of ether oxygens (including phenoxy) is 2. The van der Waals surface area contributed by atoms with Gasteiger partial charge in [0, 0.05) is 63.3 Å². The van der Waals surface area contributed by atoms with Crippen LogP contribution in [0.2, 0.25) is 0 Å². The highest BCUT2D eigenvalue weighted by atomic mass is 19.3. The molecular formula is C31H34F2N4O8. The fourth-order valence-electron chi connectivity index (χ4n) is 5.74. The van der Waals surface area contributed by atoms with Crippen LogP contribution in [-0.2, 0) is 27.4 Å². The molecule has 2 fully saturated rings. The average molecular weight is 629 g/mol. The highest BCUT2D eigenvalue weighted by Gasteiger charge is 2.44. The zero-order valence-electron chi connectivity index (χ0n) is 24.9. The number of rotatable bonds is 8. The Kier molecular flexibility index (Phi) is 9.07. The Labute approximate surface area is 257 Å². The number of carboxylic acids is 2. The molecule has 0 saturated carbocycles. The van der Waals surface area contributed by atoms with E-state index in [1.165, 1.54) is 11.9 Å².